The Morgan fingerprint density at radius 2 is 1.30 bits per heavy atom. The van der Waals surface area contributed by atoms with Crippen LogP contribution in [0.4, 0.5) is 4.79 Å². The molecule has 15 heteroatoms. The number of carbonyl (C=O) groups is 6. The summed E-state index contributed by atoms with van der Waals surface area (Å²) >= 11 is 0. The molecule has 0 bridgehead atoms. The number of carbonyl (C=O) groups excluding carboxylic acids is 6. The number of nitrogens with one attached hydrogen (secondary N) is 1. The van der Waals surface area contributed by atoms with Gasteiger partial charge in [0.25, 0.3) is 11.8 Å². The van der Waals surface area contributed by atoms with Crippen molar-refractivity contribution in [1.29, 1.82) is 0 Å². The molecule has 5 amide bonds. The van der Waals surface area contributed by atoms with Crippen molar-refractivity contribution in [2.45, 2.75) is 96.2 Å². The van der Waals surface area contributed by atoms with Crippen LogP contribution in [0.1, 0.15) is 71.5 Å². The molecule has 0 radical (unpaired) electrons. The van der Waals surface area contributed by atoms with E-state index in [1.807, 2.05) is 60.7 Å². The van der Waals surface area contributed by atoms with Crippen LogP contribution in [0.3, 0.4) is 0 Å². The third kappa shape index (κ3) is 11.9. The molecule has 15 nitrogen and oxygen atoms in total. The van der Waals surface area contributed by atoms with Crippen molar-refractivity contribution < 1.29 is 57.2 Å². The lowest BCUT2D eigenvalue weighted by Gasteiger charge is -2.50. The topological polar surface area (TPSA) is 176 Å². The second kappa shape index (κ2) is 21.7. The molecule has 0 spiro atoms. The van der Waals surface area contributed by atoms with Crippen LogP contribution in [0.2, 0.25) is 0 Å². The lowest BCUT2D eigenvalue weighted by atomic mass is 9.92. The molecule has 0 aliphatic carbocycles. The van der Waals surface area contributed by atoms with Crippen molar-refractivity contribution in [3.63, 3.8) is 0 Å². The van der Waals surface area contributed by atoms with E-state index in [1.54, 1.807) is 63.2 Å². The summed E-state index contributed by atoms with van der Waals surface area (Å²) in [5, 5.41) is 2.43. The molecule has 2 aliphatic heterocycles. The smallest absolute Gasteiger partial charge is 0.408 e. The van der Waals surface area contributed by atoms with Gasteiger partial charge in [0.1, 0.15) is 42.6 Å². The number of hydrogen-bond donors (Lipinski definition) is 1. The molecule has 1 saturated heterocycles. The molecule has 336 valence electrons. The van der Waals surface area contributed by atoms with Crippen molar-refractivity contribution in [3.05, 3.63) is 156 Å². The maximum atomic E-state index is 14.8. The Bertz CT molecular complexity index is 2230. The van der Waals surface area contributed by atoms with Gasteiger partial charge in [-0.25, -0.2) is 9.59 Å². The first-order valence-electron chi connectivity index (χ1n) is 20.9. The Balaban J connectivity index is 1.42. The molecule has 1 N–H and O–H groups in total. The lowest BCUT2D eigenvalue weighted by Crippen LogP contribution is -2.71. The van der Waals surface area contributed by atoms with Gasteiger partial charge in [0, 0.05) is 6.92 Å². The van der Waals surface area contributed by atoms with Gasteiger partial charge in [-0.2, -0.15) is 0 Å². The minimum Gasteiger partial charge on any atom is -0.459 e. The van der Waals surface area contributed by atoms with Gasteiger partial charge in [0.05, 0.1) is 44.0 Å². The Morgan fingerprint density at radius 1 is 0.766 bits per heavy atom. The second-order valence-electron chi connectivity index (χ2n) is 16.2. The molecule has 0 saturated carbocycles. The number of rotatable bonds is 18. The normalized spacial score (nSPS) is 19.9. The van der Waals surface area contributed by atoms with Gasteiger partial charge in [0.15, 0.2) is 6.23 Å². The van der Waals surface area contributed by atoms with E-state index in [9.17, 15) is 28.8 Å². The van der Waals surface area contributed by atoms with Crippen LogP contribution in [0.15, 0.2) is 128 Å². The fourth-order valence-corrected chi connectivity index (χ4v) is 7.46. The fraction of sp³-hybridized carbons (Fsp3) is 0.347. The molecule has 1 fully saturated rings. The summed E-state index contributed by atoms with van der Waals surface area (Å²) in [7, 11) is 0. The van der Waals surface area contributed by atoms with Crippen LogP contribution in [-0.4, -0.2) is 101 Å². The van der Waals surface area contributed by atoms with Crippen molar-refractivity contribution in [3.8, 4) is 0 Å². The molecule has 4 aromatic carbocycles. The third-order valence-corrected chi connectivity index (χ3v) is 10.3. The van der Waals surface area contributed by atoms with E-state index in [0.29, 0.717) is 5.56 Å². The summed E-state index contributed by atoms with van der Waals surface area (Å²) in [6.45, 7) is 9.51. The molecule has 64 heavy (non-hydrogen) atoms. The average Bonchev–Trinajstić information content (AvgIpc) is 3.52. The number of amides is 5. The highest BCUT2D eigenvalue weighted by Crippen LogP contribution is 2.37. The van der Waals surface area contributed by atoms with Gasteiger partial charge < -0.3 is 33.7 Å². The molecule has 6 rings (SSSR count). The van der Waals surface area contributed by atoms with Gasteiger partial charge in [-0.1, -0.05) is 109 Å². The van der Waals surface area contributed by atoms with Crippen LogP contribution in [-0.2, 0) is 62.6 Å². The Kier molecular flexibility index (Phi) is 15.9. The minimum absolute atomic E-state index is 0.0215. The first-order valence-corrected chi connectivity index (χ1v) is 20.9. The summed E-state index contributed by atoms with van der Waals surface area (Å²) in [5.41, 5.74) is 1.42. The summed E-state index contributed by atoms with van der Waals surface area (Å²) in [5.74, 6) is -4.34. The molecule has 2 aliphatic rings. The van der Waals surface area contributed by atoms with Gasteiger partial charge in [-0.05, 0) is 49.6 Å². The van der Waals surface area contributed by atoms with E-state index in [-0.39, 0.29) is 44.2 Å². The molecule has 4 aromatic rings. The number of fused-ring (bicyclic) bond motifs is 1. The van der Waals surface area contributed by atoms with Crippen LogP contribution < -0.4 is 5.32 Å². The van der Waals surface area contributed by atoms with E-state index < -0.39 is 84.3 Å². The average molecular weight is 876 g/mol. The predicted octanol–water partition coefficient (Wildman–Crippen LogP) is 6.15. The number of esters is 1. The number of alkyl carbamates (subject to hydrolysis) is 1. The number of ether oxygens (including phenoxy) is 6. The van der Waals surface area contributed by atoms with Gasteiger partial charge in [0.2, 0.25) is 11.8 Å². The fourth-order valence-electron chi connectivity index (χ4n) is 7.46. The third-order valence-electron chi connectivity index (χ3n) is 10.3. The van der Waals surface area contributed by atoms with Gasteiger partial charge in [-0.3, -0.25) is 29.0 Å². The lowest BCUT2D eigenvalue weighted by molar-refractivity contribution is -0.260. The zero-order valence-corrected chi connectivity index (χ0v) is 36.3. The quantitative estimate of drug-likeness (QED) is 0.0687. The van der Waals surface area contributed by atoms with Gasteiger partial charge >= 0.3 is 12.1 Å². The monoisotopic (exact) mass is 875 g/mol. The highest BCUT2D eigenvalue weighted by atomic mass is 16.6. The molecular formula is C49H53N3O12. The number of imide groups is 2. The van der Waals surface area contributed by atoms with E-state index >= 15 is 0 Å². The van der Waals surface area contributed by atoms with E-state index in [0.717, 1.165) is 27.9 Å². The first-order chi connectivity index (χ1) is 30.8. The van der Waals surface area contributed by atoms with Crippen molar-refractivity contribution >= 4 is 35.7 Å². The van der Waals surface area contributed by atoms with E-state index in [2.05, 4.69) is 11.9 Å². The number of benzene rings is 4. The molecule has 1 unspecified atom stereocenters. The van der Waals surface area contributed by atoms with E-state index in [4.69, 9.17) is 28.4 Å². The zero-order chi connectivity index (χ0) is 45.8. The standard InChI is InChI=1S/C49H53N3O12/c1-6-26-60-42-39(31-59-28-33-18-10-7-11-19-33)63-46(41(43(42)61-29-34-20-12-8-13-21-34)52-44(55)36-24-16-17-25-37(36)45(52)56)51(32(2)53)40(54)27-38(50-48(58)64-49(3,4)5)47(57)62-30-35-22-14-9-15-23-35/h6-25,38-39,41-43,46H,1,26-31H2,2-5H3,(H,50,58)/t38?,39-,41-,42-,43-,46-/m1/s1. The summed E-state index contributed by atoms with van der Waals surface area (Å²) < 4.78 is 36.9. The molecule has 6 atom stereocenters. The van der Waals surface area contributed by atoms with Crippen molar-refractivity contribution in [1.82, 2.24) is 15.1 Å². The summed E-state index contributed by atoms with van der Waals surface area (Å²) in [6.07, 6.45) is -5.54. The number of hydrogen-bond acceptors (Lipinski definition) is 12. The van der Waals surface area contributed by atoms with Crippen molar-refractivity contribution in [2.75, 3.05) is 13.2 Å². The molecular weight excluding hydrogens is 823 g/mol. The highest BCUT2D eigenvalue weighted by Gasteiger charge is 2.57. The van der Waals surface area contributed by atoms with Crippen LogP contribution >= 0.6 is 0 Å². The maximum Gasteiger partial charge on any atom is 0.408 e. The Hall–Kier alpha value is -6.52. The zero-order valence-electron chi connectivity index (χ0n) is 36.3. The molecule has 0 aromatic heterocycles. The SMILES string of the molecule is C=CCO[C@H]1[C@H](OCc2ccccc2)[C@@H](N2C(=O)c3ccccc3C2=O)[C@H](N(C(C)=O)C(=O)CC(NC(=O)OC(C)(C)C)C(=O)OCc2ccccc2)O[C@@H]1COCc1ccccc1. The Morgan fingerprint density at radius 3 is 1.83 bits per heavy atom. The second-order valence-corrected chi connectivity index (χ2v) is 16.2. The van der Waals surface area contributed by atoms with Crippen LogP contribution in [0.5, 0.6) is 0 Å². The highest BCUT2D eigenvalue weighted by molar-refractivity contribution is 6.21. The van der Waals surface area contributed by atoms with Gasteiger partial charge in [-0.15, -0.1) is 6.58 Å². The predicted molar refractivity (Wildman–Crippen MR) is 232 cm³/mol. The summed E-state index contributed by atoms with van der Waals surface area (Å²) in [6, 6.07) is 30.3. The van der Waals surface area contributed by atoms with E-state index in [1.165, 1.54) is 18.2 Å². The maximum absolute atomic E-state index is 14.8. The van der Waals surface area contributed by atoms with Crippen LogP contribution in [0.25, 0.3) is 0 Å². The summed E-state index contributed by atoms with van der Waals surface area (Å²) in [4.78, 5) is 86.4. The number of nitrogens with zero attached hydrogens (tertiary/aromatic N) is 2. The Labute approximate surface area is 372 Å². The van der Waals surface area contributed by atoms with Crippen molar-refractivity contribution in [2.24, 2.45) is 0 Å². The van der Waals surface area contributed by atoms with Crippen LogP contribution in [0, 0.1) is 0 Å². The minimum atomic E-state index is -1.75. The largest absolute Gasteiger partial charge is 0.459 e. The first kappa shape index (κ1) is 47.0. The molecule has 2 heterocycles.